The number of rotatable bonds is 5. The molecule has 2 rings (SSSR count). The van der Waals surface area contributed by atoms with Gasteiger partial charge < -0.3 is 10.6 Å². The van der Waals surface area contributed by atoms with Crippen LogP contribution >= 0.6 is 0 Å². The Labute approximate surface area is 115 Å². The molecule has 1 aromatic heterocycles. The van der Waals surface area contributed by atoms with Crippen molar-refractivity contribution in [2.24, 2.45) is 0 Å². The van der Waals surface area contributed by atoms with Crippen LogP contribution in [0.2, 0.25) is 0 Å². The van der Waals surface area contributed by atoms with Gasteiger partial charge in [-0.3, -0.25) is 4.79 Å². The average molecular weight is 261 g/mol. The standard InChI is InChI=1S/C15H23N3O/c1-3-9-16-13-11-12(6-10-17-13)14(19)18-15(2)7-4-5-8-15/h6,10-11H,3-5,7-9H2,1-2H3,(H,16,17)(H,18,19). The Kier molecular flexibility index (Phi) is 4.40. The van der Waals surface area contributed by atoms with Crippen LogP contribution in [0.3, 0.4) is 0 Å². The molecule has 2 N–H and O–H groups in total. The number of anilines is 1. The van der Waals surface area contributed by atoms with Gasteiger partial charge >= 0.3 is 0 Å². The Morgan fingerprint density at radius 3 is 2.84 bits per heavy atom. The summed E-state index contributed by atoms with van der Waals surface area (Å²) in [5.74, 6) is 0.775. The molecule has 0 unspecified atom stereocenters. The Morgan fingerprint density at radius 2 is 2.16 bits per heavy atom. The topological polar surface area (TPSA) is 54.0 Å². The van der Waals surface area contributed by atoms with Crippen molar-refractivity contribution in [3.8, 4) is 0 Å². The quantitative estimate of drug-likeness (QED) is 0.856. The maximum atomic E-state index is 12.3. The maximum Gasteiger partial charge on any atom is 0.251 e. The van der Waals surface area contributed by atoms with Gasteiger partial charge in [0.25, 0.3) is 5.91 Å². The predicted octanol–water partition coefficient (Wildman–Crippen LogP) is 2.97. The molecule has 0 bridgehead atoms. The molecule has 0 aromatic carbocycles. The van der Waals surface area contributed by atoms with Gasteiger partial charge in [-0.05, 0) is 38.3 Å². The molecule has 1 amide bonds. The minimum atomic E-state index is -0.0304. The van der Waals surface area contributed by atoms with Crippen LogP contribution in [-0.2, 0) is 0 Å². The van der Waals surface area contributed by atoms with E-state index in [-0.39, 0.29) is 11.4 Å². The molecule has 1 heterocycles. The highest BCUT2D eigenvalue weighted by atomic mass is 16.1. The number of nitrogens with zero attached hydrogens (tertiary/aromatic N) is 1. The molecule has 0 radical (unpaired) electrons. The first-order valence-electron chi connectivity index (χ1n) is 7.15. The third-order valence-corrected chi connectivity index (χ3v) is 3.70. The molecule has 1 saturated carbocycles. The first kappa shape index (κ1) is 13.8. The molecule has 0 spiro atoms. The molecule has 0 saturated heterocycles. The van der Waals surface area contributed by atoms with E-state index < -0.39 is 0 Å². The first-order valence-corrected chi connectivity index (χ1v) is 7.15. The maximum absolute atomic E-state index is 12.3. The molecular formula is C15H23N3O. The molecule has 4 nitrogen and oxygen atoms in total. The Balaban J connectivity index is 2.02. The number of nitrogens with one attached hydrogen (secondary N) is 2. The van der Waals surface area contributed by atoms with E-state index >= 15 is 0 Å². The van der Waals surface area contributed by atoms with Gasteiger partial charge in [0, 0.05) is 23.8 Å². The third kappa shape index (κ3) is 3.69. The SMILES string of the molecule is CCCNc1cc(C(=O)NC2(C)CCCC2)ccn1. The highest BCUT2D eigenvalue weighted by Crippen LogP contribution is 2.29. The van der Waals surface area contributed by atoms with E-state index in [4.69, 9.17) is 0 Å². The van der Waals surface area contributed by atoms with Crippen LogP contribution in [0.5, 0.6) is 0 Å². The summed E-state index contributed by atoms with van der Waals surface area (Å²) >= 11 is 0. The second kappa shape index (κ2) is 6.04. The highest BCUT2D eigenvalue weighted by molar-refractivity contribution is 5.95. The van der Waals surface area contributed by atoms with Crippen molar-refractivity contribution >= 4 is 11.7 Å². The lowest BCUT2D eigenvalue weighted by molar-refractivity contribution is 0.0908. The molecule has 19 heavy (non-hydrogen) atoms. The monoisotopic (exact) mass is 261 g/mol. The largest absolute Gasteiger partial charge is 0.370 e. The van der Waals surface area contributed by atoms with Crippen molar-refractivity contribution in [3.05, 3.63) is 23.9 Å². The minimum Gasteiger partial charge on any atom is -0.370 e. The summed E-state index contributed by atoms with van der Waals surface area (Å²) in [5.41, 5.74) is 0.652. The second-order valence-electron chi connectivity index (χ2n) is 5.58. The van der Waals surface area contributed by atoms with Crippen molar-refractivity contribution in [2.45, 2.75) is 51.5 Å². The second-order valence-corrected chi connectivity index (χ2v) is 5.58. The summed E-state index contributed by atoms with van der Waals surface area (Å²) in [6.07, 6.45) is 7.28. The predicted molar refractivity (Wildman–Crippen MR) is 77.4 cm³/mol. The van der Waals surface area contributed by atoms with Crippen molar-refractivity contribution in [1.29, 1.82) is 0 Å². The van der Waals surface area contributed by atoms with Crippen LogP contribution < -0.4 is 10.6 Å². The normalized spacial score (nSPS) is 17.2. The number of hydrogen-bond acceptors (Lipinski definition) is 3. The Hall–Kier alpha value is -1.58. The van der Waals surface area contributed by atoms with Crippen LogP contribution in [0.25, 0.3) is 0 Å². The lowest BCUT2D eigenvalue weighted by atomic mass is 10.00. The minimum absolute atomic E-state index is 0.00588. The van der Waals surface area contributed by atoms with Crippen molar-refractivity contribution < 1.29 is 4.79 Å². The molecule has 4 heteroatoms. The molecule has 1 aromatic rings. The zero-order valence-corrected chi connectivity index (χ0v) is 11.8. The van der Waals surface area contributed by atoms with Crippen molar-refractivity contribution in [3.63, 3.8) is 0 Å². The van der Waals surface area contributed by atoms with Crippen LogP contribution in [0.15, 0.2) is 18.3 Å². The number of aromatic nitrogens is 1. The highest BCUT2D eigenvalue weighted by Gasteiger charge is 2.30. The molecule has 0 aliphatic heterocycles. The fourth-order valence-electron chi connectivity index (χ4n) is 2.55. The van der Waals surface area contributed by atoms with Gasteiger partial charge in [-0.15, -0.1) is 0 Å². The fraction of sp³-hybridized carbons (Fsp3) is 0.600. The first-order chi connectivity index (χ1) is 9.13. The lowest BCUT2D eigenvalue weighted by Gasteiger charge is -2.25. The van der Waals surface area contributed by atoms with Crippen LogP contribution in [-0.4, -0.2) is 23.0 Å². The zero-order valence-electron chi connectivity index (χ0n) is 11.8. The summed E-state index contributed by atoms with van der Waals surface area (Å²) < 4.78 is 0. The van der Waals surface area contributed by atoms with Crippen LogP contribution in [0.4, 0.5) is 5.82 Å². The summed E-state index contributed by atoms with van der Waals surface area (Å²) in [6, 6.07) is 3.59. The zero-order chi connectivity index (χ0) is 13.7. The van der Waals surface area contributed by atoms with Gasteiger partial charge in [0.15, 0.2) is 0 Å². The Bertz CT molecular complexity index is 439. The smallest absolute Gasteiger partial charge is 0.251 e. The van der Waals surface area contributed by atoms with E-state index in [0.717, 1.165) is 31.6 Å². The van der Waals surface area contributed by atoms with E-state index in [1.54, 1.807) is 12.3 Å². The van der Waals surface area contributed by atoms with E-state index in [0.29, 0.717) is 5.56 Å². The molecule has 104 valence electrons. The number of carbonyl (C=O) groups excluding carboxylic acids is 1. The fourth-order valence-corrected chi connectivity index (χ4v) is 2.55. The van der Waals surface area contributed by atoms with Gasteiger partial charge in [-0.2, -0.15) is 0 Å². The van der Waals surface area contributed by atoms with Gasteiger partial charge in [0.2, 0.25) is 0 Å². The van der Waals surface area contributed by atoms with E-state index in [1.807, 2.05) is 6.07 Å². The van der Waals surface area contributed by atoms with E-state index in [1.165, 1.54) is 12.8 Å². The van der Waals surface area contributed by atoms with E-state index in [2.05, 4.69) is 29.5 Å². The number of carbonyl (C=O) groups is 1. The molecule has 1 fully saturated rings. The van der Waals surface area contributed by atoms with Gasteiger partial charge in [0.05, 0.1) is 0 Å². The van der Waals surface area contributed by atoms with Crippen LogP contribution in [0.1, 0.15) is 56.3 Å². The van der Waals surface area contributed by atoms with Gasteiger partial charge in [-0.25, -0.2) is 4.98 Å². The number of hydrogen-bond donors (Lipinski definition) is 2. The van der Waals surface area contributed by atoms with Crippen molar-refractivity contribution in [1.82, 2.24) is 10.3 Å². The van der Waals surface area contributed by atoms with Gasteiger partial charge in [0.1, 0.15) is 5.82 Å². The molecular weight excluding hydrogens is 238 g/mol. The summed E-state index contributed by atoms with van der Waals surface area (Å²) in [6.45, 7) is 5.11. The summed E-state index contributed by atoms with van der Waals surface area (Å²) in [7, 11) is 0. The molecule has 0 atom stereocenters. The van der Waals surface area contributed by atoms with E-state index in [9.17, 15) is 4.79 Å². The number of amides is 1. The van der Waals surface area contributed by atoms with Crippen LogP contribution in [0, 0.1) is 0 Å². The molecule has 1 aliphatic rings. The average Bonchev–Trinajstić information content (AvgIpc) is 2.83. The third-order valence-electron chi connectivity index (χ3n) is 3.70. The Morgan fingerprint density at radius 1 is 1.42 bits per heavy atom. The summed E-state index contributed by atoms with van der Waals surface area (Å²) in [4.78, 5) is 16.5. The van der Waals surface area contributed by atoms with Gasteiger partial charge in [-0.1, -0.05) is 19.8 Å². The van der Waals surface area contributed by atoms with Crippen molar-refractivity contribution in [2.75, 3.05) is 11.9 Å². The molecule has 1 aliphatic carbocycles. The number of pyridine rings is 1. The summed E-state index contributed by atoms with van der Waals surface area (Å²) in [5, 5.41) is 6.36. The lowest BCUT2D eigenvalue weighted by Crippen LogP contribution is -2.43.